The smallest absolute Gasteiger partial charge is 0.123 e. The van der Waals surface area contributed by atoms with Crippen molar-refractivity contribution in [1.82, 2.24) is 15.2 Å². The second-order valence-electron chi connectivity index (χ2n) is 8.22. The second-order valence-corrected chi connectivity index (χ2v) is 8.22. The van der Waals surface area contributed by atoms with Gasteiger partial charge in [-0.1, -0.05) is 37.1 Å². The van der Waals surface area contributed by atoms with Gasteiger partial charge in [0.05, 0.1) is 11.4 Å². The maximum Gasteiger partial charge on any atom is 0.123 e. The third-order valence-electron chi connectivity index (χ3n) is 6.48. The highest BCUT2D eigenvalue weighted by Gasteiger charge is 2.37. The van der Waals surface area contributed by atoms with Crippen molar-refractivity contribution in [2.75, 3.05) is 0 Å². The predicted octanol–water partition coefficient (Wildman–Crippen LogP) is 5.84. The number of fused-ring (bicyclic) bond motifs is 2. The van der Waals surface area contributed by atoms with Gasteiger partial charge in [-0.2, -0.15) is 10.2 Å². The summed E-state index contributed by atoms with van der Waals surface area (Å²) >= 11 is 0. The Balaban J connectivity index is 1.41. The van der Waals surface area contributed by atoms with Crippen LogP contribution in [0.4, 0.5) is 4.39 Å². The first-order valence-corrected chi connectivity index (χ1v) is 10.5. The molecule has 0 aliphatic heterocycles. The Kier molecular flexibility index (Phi) is 4.92. The predicted molar refractivity (Wildman–Crippen MR) is 113 cm³/mol. The van der Waals surface area contributed by atoms with Gasteiger partial charge in [-0.25, -0.2) is 4.39 Å². The van der Waals surface area contributed by atoms with Crippen LogP contribution in [-0.2, 0) is 6.42 Å². The Morgan fingerprint density at radius 3 is 2.79 bits per heavy atom. The van der Waals surface area contributed by atoms with E-state index in [1.54, 1.807) is 6.07 Å². The number of halogens is 1. The minimum atomic E-state index is -0.231. The summed E-state index contributed by atoms with van der Waals surface area (Å²) in [6.07, 6.45) is 14.4. The number of pyridine rings is 1. The molecule has 146 valence electrons. The first-order chi connectivity index (χ1) is 14.3. The molecular formula is C25H24FN3. The van der Waals surface area contributed by atoms with E-state index >= 15 is 0 Å². The van der Waals surface area contributed by atoms with E-state index < -0.39 is 0 Å². The maximum absolute atomic E-state index is 13.5. The molecule has 2 aliphatic carbocycles. The highest BCUT2D eigenvalue weighted by molar-refractivity contribution is 5.63. The molecule has 3 nitrogen and oxygen atoms in total. The van der Waals surface area contributed by atoms with E-state index in [1.807, 2.05) is 30.6 Å². The number of aromatic nitrogens is 3. The van der Waals surface area contributed by atoms with Crippen LogP contribution >= 0.6 is 0 Å². The van der Waals surface area contributed by atoms with Crippen molar-refractivity contribution in [1.29, 1.82) is 0 Å². The van der Waals surface area contributed by atoms with Gasteiger partial charge >= 0.3 is 0 Å². The fourth-order valence-corrected chi connectivity index (χ4v) is 5.05. The van der Waals surface area contributed by atoms with Crippen molar-refractivity contribution in [2.45, 2.75) is 38.0 Å². The number of benzene rings is 1. The van der Waals surface area contributed by atoms with E-state index in [4.69, 9.17) is 0 Å². The van der Waals surface area contributed by atoms with E-state index in [2.05, 4.69) is 33.4 Å². The summed E-state index contributed by atoms with van der Waals surface area (Å²) in [5, 5.41) is 8.67. The molecule has 2 aliphatic rings. The Hall–Kier alpha value is -2.88. The maximum atomic E-state index is 13.5. The molecule has 0 saturated heterocycles. The van der Waals surface area contributed by atoms with E-state index in [0.29, 0.717) is 11.8 Å². The van der Waals surface area contributed by atoms with Crippen molar-refractivity contribution in [2.24, 2.45) is 11.8 Å². The van der Waals surface area contributed by atoms with Crippen LogP contribution in [-0.4, -0.2) is 15.2 Å². The molecule has 3 atom stereocenters. The monoisotopic (exact) mass is 385 g/mol. The van der Waals surface area contributed by atoms with Crippen LogP contribution in [0.3, 0.4) is 0 Å². The first kappa shape index (κ1) is 18.2. The summed E-state index contributed by atoms with van der Waals surface area (Å²) in [4.78, 5) is 4.58. The first-order valence-electron chi connectivity index (χ1n) is 10.5. The van der Waals surface area contributed by atoms with Crippen LogP contribution < -0.4 is 0 Å². The number of hydrogen-bond donors (Lipinski definition) is 0. The van der Waals surface area contributed by atoms with Crippen molar-refractivity contribution in [3.05, 3.63) is 83.7 Å². The van der Waals surface area contributed by atoms with Gasteiger partial charge < -0.3 is 0 Å². The molecular weight excluding hydrogens is 361 g/mol. The van der Waals surface area contributed by atoms with Crippen LogP contribution in [0.25, 0.3) is 17.2 Å². The highest BCUT2D eigenvalue weighted by atomic mass is 19.1. The summed E-state index contributed by atoms with van der Waals surface area (Å²) < 4.78 is 13.5. The van der Waals surface area contributed by atoms with Gasteiger partial charge in [0.25, 0.3) is 0 Å². The number of nitrogens with zero attached hydrogens (tertiary/aromatic N) is 3. The zero-order valence-electron chi connectivity index (χ0n) is 16.3. The fourth-order valence-electron chi connectivity index (χ4n) is 5.05. The lowest BCUT2D eigenvalue weighted by atomic mass is 9.65. The van der Waals surface area contributed by atoms with E-state index in [0.717, 1.165) is 34.9 Å². The molecule has 1 aromatic carbocycles. The third-order valence-corrected chi connectivity index (χ3v) is 6.48. The normalized spacial score (nSPS) is 23.6. The molecule has 1 saturated carbocycles. The van der Waals surface area contributed by atoms with Crippen LogP contribution in [0.2, 0.25) is 0 Å². The van der Waals surface area contributed by atoms with E-state index in [9.17, 15) is 4.39 Å². The SMILES string of the molecule is Fc1cccc(-c2ccc(/C=C/C3c4nnccc4CC4CCCCC43)nc2)c1. The molecule has 3 aromatic rings. The summed E-state index contributed by atoms with van der Waals surface area (Å²) in [6, 6.07) is 12.7. The largest absolute Gasteiger partial charge is 0.256 e. The average Bonchev–Trinajstić information content (AvgIpc) is 2.77. The van der Waals surface area contributed by atoms with Gasteiger partial charge in [0, 0.05) is 23.9 Å². The van der Waals surface area contributed by atoms with Crippen molar-refractivity contribution in [3.8, 4) is 11.1 Å². The minimum absolute atomic E-state index is 0.231. The average molecular weight is 385 g/mol. The summed E-state index contributed by atoms with van der Waals surface area (Å²) in [5.74, 6) is 1.47. The molecule has 4 heteroatoms. The molecule has 2 aromatic heterocycles. The van der Waals surface area contributed by atoms with Gasteiger partial charge in [-0.05, 0) is 72.6 Å². The third kappa shape index (κ3) is 3.71. The van der Waals surface area contributed by atoms with Gasteiger partial charge in [-0.15, -0.1) is 0 Å². The van der Waals surface area contributed by atoms with Crippen LogP contribution in [0, 0.1) is 17.7 Å². The van der Waals surface area contributed by atoms with Crippen molar-refractivity contribution >= 4 is 6.08 Å². The van der Waals surface area contributed by atoms with Crippen LogP contribution in [0.1, 0.15) is 48.6 Å². The minimum Gasteiger partial charge on any atom is -0.256 e. The summed E-state index contributed by atoms with van der Waals surface area (Å²) in [6.45, 7) is 0. The molecule has 0 N–H and O–H groups in total. The zero-order valence-corrected chi connectivity index (χ0v) is 16.3. The highest BCUT2D eigenvalue weighted by Crippen LogP contribution is 2.46. The molecule has 1 fully saturated rings. The topological polar surface area (TPSA) is 38.7 Å². The van der Waals surface area contributed by atoms with E-state index in [1.165, 1.54) is 43.4 Å². The molecule has 0 radical (unpaired) electrons. The van der Waals surface area contributed by atoms with Crippen molar-refractivity contribution in [3.63, 3.8) is 0 Å². The second kappa shape index (κ2) is 7.86. The Labute approximate surface area is 170 Å². The molecule has 3 unspecified atom stereocenters. The summed E-state index contributed by atoms with van der Waals surface area (Å²) in [5.41, 5.74) is 5.17. The molecule has 2 heterocycles. The number of allylic oxidation sites excluding steroid dienone is 1. The molecule has 0 amide bonds. The Morgan fingerprint density at radius 2 is 1.93 bits per heavy atom. The van der Waals surface area contributed by atoms with Gasteiger partial charge in [0.15, 0.2) is 0 Å². The Bertz CT molecular complexity index is 1030. The number of rotatable bonds is 3. The van der Waals surface area contributed by atoms with Crippen LogP contribution in [0.5, 0.6) is 0 Å². The zero-order chi connectivity index (χ0) is 19.6. The number of hydrogen-bond acceptors (Lipinski definition) is 3. The molecule has 29 heavy (non-hydrogen) atoms. The molecule has 0 bridgehead atoms. The molecule has 0 spiro atoms. The van der Waals surface area contributed by atoms with Crippen molar-refractivity contribution < 1.29 is 4.39 Å². The standard InChI is InChI=1S/C25H24FN3/c26-21-6-3-5-17(15-21)20-8-9-22(27-16-20)10-11-24-23-7-2-1-4-18(23)14-19-12-13-28-29-25(19)24/h3,5-6,8-13,15-16,18,23-24H,1-2,4,7,14H2/b11-10+. The lowest BCUT2D eigenvalue weighted by Crippen LogP contribution is -2.32. The fraction of sp³-hybridized carbons (Fsp3) is 0.320. The van der Waals surface area contributed by atoms with Gasteiger partial charge in [0.2, 0.25) is 0 Å². The Morgan fingerprint density at radius 1 is 1.00 bits per heavy atom. The molecule has 5 rings (SSSR count). The van der Waals surface area contributed by atoms with Gasteiger partial charge in [-0.3, -0.25) is 4.98 Å². The quantitative estimate of drug-likeness (QED) is 0.569. The van der Waals surface area contributed by atoms with E-state index in [-0.39, 0.29) is 5.82 Å². The lowest BCUT2D eigenvalue weighted by molar-refractivity contribution is 0.199. The van der Waals surface area contributed by atoms with Crippen LogP contribution in [0.15, 0.2) is 60.9 Å². The van der Waals surface area contributed by atoms with Gasteiger partial charge in [0.1, 0.15) is 5.82 Å². The summed E-state index contributed by atoms with van der Waals surface area (Å²) in [7, 11) is 0. The lowest BCUT2D eigenvalue weighted by Gasteiger charge is -2.40.